The third-order valence-corrected chi connectivity index (χ3v) is 13.1. The minimum atomic E-state index is -0.0542. The summed E-state index contributed by atoms with van der Waals surface area (Å²) in [5.41, 5.74) is 0. The summed E-state index contributed by atoms with van der Waals surface area (Å²) in [6, 6.07) is 4.45. The molecule has 0 aromatic rings. The smallest absolute Gasteiger partial charge is 0.0555 e. The van der Waals surface area contributed by atoms with E-state index in [0.29, 0.717) is 12.1 Å². The van der Waals surface area contributed by atoms with E-state index in [4.69, 9.17) is 0 Å². The Labute approximate surface area is 247 Å². The van der Waals surface area contributed by atoms with Crippen LogP contribution in [0.15, 0.2) is 0 Å². The van der Waals surface area contributed by atoms with E-state index in [9.17, 15) is 10.2 Å². The molecule has 0 aromatic heterocycles. The van der Waals surface area contributed by atoms with Crippen molar-refractivity contribution in [3.63, 3.8) is 0 Å². The molecule has 6 aliphatic carbocycles. The molecule has 0 spiro atoms. The molecule has 4 atom stereocenters. The van der Waals surface area contributed by atoms with Gasteiger partial charge < -0.3 is 10.2 Å². The van der Waals surface area contributed by atoms with Crippen LogP contribution >= 0.6 is 0 Å². The standard InChI is InChI=1S/C36H64N2O2/c39-35-15-7-13-33(25-35)37(29-9-3-1-4-10-29)31-21-17-27(18-22-31)28-19-23-32(24-20-28)38(30-11-5-2-6-12-30)34-14-8-16-36(40)26-34/h27-36,39-40H,1-26H2. The summed E-state index contributed by atoms with van der Waals surface area (Å²) in [5, 5.41) is 21.1. The van der Waals surface area contributed by atoms with Gasteiger partial charge in [-0.3, -0.25) is 9.80 Å². The van der Waals surface area contributed by atoms with Gasteiger partial charge in [-0.05, 0) is 140 Å². The molecule has 0 heterocycles. The highest BCUT2D eigenvalue weighted by atomic mass is 16.3. The van der Waals surface area contributed by atoms with Crippen molar-refractivity contribution in [2.24, 2.45) is 11.8 Å². The molecule has 4 heteroatoms. The molecule has 0 saturated heterocycles. The van der Waals surface area contributed by atoms with Gasteiger partial charge in [-0.2, -0.15) is 0 Å². The molecule has 2 N–H and O–H groups in total. The van der Waals surface area contributed by atoms with E-state index in [0.717, 1.165) is 61.7 Å². The monoisotopic (exact) mass is 556 g/mol. The number of hydrogen-bond acceptors (Lipinski definition) is 4. The van der Waals surface area contributed by atoms with Crippen LogP contribution in [0.5, 0.6) is 0 Å². The summed E-state index contributed by atoms with van der Waals surface area (Å²) in [4.78, 5) is 6.05. The fraction of sp³-hybridized carbons (Fsp3) is 1.00. The zero-order chi connectivity index (χ0) is 27.3. The molecule has 6 saturated carbocycles. The van der Waals surface area contributed by atoms with Crippen LogP contribution in [0.4, 0.5) is 0 Å². The Balaban J connectivity index is 1.04. The van der Waals surface area contributed by atoms with E-state index in [2.05, 4.69) is 9.80 Å². The van der Waals surface area contributed by atoms with Crippen LogP contribution in [0, 0.1) is 11.8 Å². The van der Waals surface area contributed by atoms with Crippen molar-refractivity contribution in [3.05, 3.63) is 0 Å². The number of aliphatic hydroxyl groups is 2. The second-order valence-electron chi connectivity index (χ2n) is 15.6. The Morgan fingerprint density at radius 3 is 0.975 bits per heavy atom. The Morgan fingerprint density at radius 2 is 0.625 bits per heavy atom. The highest BCUT2D eigenvalue weighted by molar-refractivity contribution is 4.96. The summed E-state index contributed by atoms with van der Waals surface area (Å²) >= 11 is 0. The molecule has 230 valence electrons. The average molecular weight is 557 g/mol. The van der Waals surface area contributed by atoms with E-state index >= 15 is 0 Å². The minimum Gasteiger partial charge on any atom is -0.393 e. The molecule has 4 nitrogen and oxygen atoms in total. The van der Waals surface area contributed by atoms with Gasteiger partial charge >= 0.3 is 0 Å². The molecule has 6 aliphatic rings. The Hall–Kier alpha value is -0.160. The largest absolute Gasteiger partial charge is 0.393 e. The third-order valence-electron chi connectivity index (χ3n) is 13.1. The molecule has 40 heavy (non-hydrogen) atoms. The molecule has 0 aromatic carbocycles. The van der Waals surface area contributed by atoms with Crippen molar-refractivity contribution in [1.29, 1.82) is 0 Å². The number of nitrogens with zero attached hydrogens (tertiary/aromatic N) is 2. The highest BCUT2D eigenvalue weighted by Crippen LogP contribution is 2.44. The number of hydrogen-bond donors (Lipinski definition) is 2. The summed E-state index contributed by atoms with van der Waals surface area (Å²) < 4.78 is 0. The Bertz CT molecular complexity index is 671. The van der Waals surface area contributed by atoms with Gasteiger partial charge in [0.1, 0.15) is 0 Å². The lowest BCUT2D eigenvalue weighted by Crippen LogP contribution is -2.54. The average Bonchev–Trinajstić information content (AvgIpc) is 3.00. The van der Waals surface area contributed by atoms with Crippen LogP contribution in [0.1, 0.15) is 167 Å². The van der Waals surface area contributed by atoms with E-state index in [1.54, 1.807) is 0 Å². The van der Waals surface area contributed by atoms with Crippen molar-refractivity contribution in [3.8, 4) is 0 Å². The molecule has 6 fully saturated rings. The maximum atomic E-state index is 10.5. The Kier molecular flexibility index (Phi) is 10.9. The number of rotatable bonds is 7. The predicted molar refractivity (Wildman–Crippen MR) is 165 cm³/mol. The first-order valence-electron chi connectivity index (χ1n) is 18.6. The zero-order valence-corrected chi connectivity index (χ0v) is 25.9. The van der Waals surface area contributed by atoms with Crippen LogP contribution in [-0.4, -0.2) is 68.5 Å². The predicted octanol–water partition coefficient (Wildman–Crippen LogP) is 7.98. The van der Waals surface area contributed by atoms with Crippen molar-refractivity contribution in [2.45, 2.75) is 215 Å². The lowest BCUT2D eigenvalue weighted by Gasteiger charge is -2.51. The van der Waals surface area contributed by atoms with Crippen LogP contribution in [0.25, 0.3) is 0 Å². The van der Waals surface area contributed by atoms with Crippen LogP contribution in [-0.2, 0) is 0 Å². The highest BCUT2D eigenvalue weighted by Gasteiger charge is 2.41. The fourth-order valence-corrected chi connectivity index (χ4v) is 11.1. The van der Waals surface area contributed by atoms with Gasteiger partial charge in [-0.1, -0.05) is 38.5 Å². The van der Waals surface area contributed by atoms with Crippen molar-refractivity contribution < 1.29 is 10.2 Å². The van der Waals surface area contributed by atoms with Crippen molar-refractivity contribution in [2.75, 3.05) is 0 Å². The third kappa shape index (κ3) is 7.31. The van der Waals surface area contributed by atoms with Gasteiger partial charge in [0.05, 0.1) is 12.2 Å². The molecule has 6 rings (SSSR count). The van der Waals surface area contributed by atoms with Gasteiger partial charge in [0.25, 0.3) is 0 Å². The molecule has 0 radical (unpaired) electrons. The molecular formula is C36H64N2O2. The fourth-order valence-electron chi connectivity index (χ4n) is 11.1. The first-order valence-corrected chi connectivity index (χ1v) is 18.6. The summed E-state index contributed by atoms with van der Waals surface area (Å²) in [6.07, 6.45) is 34.8. The molecule has 0 aliphatic heterocycles. The summed E-state index contributed by atoms with van der Waals surface area (Å²) in [7, 11) is 0. The van der Waals surface area contributed by atoms with Gasteiger partial charge in [-0.25, -0.2) is 0 Å². The topological polar surface area (TPSA) is 46.9 Å². The minimum absolute atomic E-state index is 0.0542. The van der Waals surface area contributed by atoms with Crippen LogP contribution < -0.4 is 0 Å². The second-order valence-corrected chi connectivity index (χ2v) is 15.6. The molecule has 0 amide bonds. The SMILES string of the molecule is OC1CCCC(N(C2CCCCC2)C2CCC(C3CCC(N(C4CCCCC4)C4CCCC(O)C4)CC3)CC2)C1. The first kappa shape index (κ1) is 29.9. The quantitative estimate of drug-likeness (QED) is 0.334. The van der Waals surface area contributed by atoms with E-state index < -0.39 is 0 Å². The second kappa shape index (κ2) is 14.5. The van der Waals surface area contributed by atoms with Crippen LogP contribution in [0.3, 0.4) is 0 Å². The van der Waals surface area contributed by atoms with Crippen molar-refractivity contribution in [1.82, 2.24) is 9.80 Å². The van der Waals surface area contributed by atoms with Gasteiger partial charge in [0, 0.05) is 36.3 Å². The van der Waals surface area contributed by atoms with E-state index in [-0.39, 0.29) is 12.2 Å². The zero-order valence-electron chi connectivity index (χ0n) is 25.9. The first-order chi connectivity index (χ1) is 19.7. The lowest BCUT2D eigenvalue weighted by atomic mass is 9.70. The van der Waals surface area contributed by atoms with Gasteiger partial charge in [0.15, 0.2) is 0 Å². The number of aliphatic hydroxyl groups excluding tert-OH is 2. The van der Waals surface area contributed by atoms with Gasteiger partial charge in [0.2, 0.25) is 0 Å². The summed E-state index contributed by atoms with van der Waals surface area (Å²) in [5.74, 6) is 1.92. The van der Waals surface area contributed by atoms with Crippen LogP contribution in [0.2, 0.25) is 0 Å². The van der Waals surface area contributed by atoms with Gasteiger partial charge in [-0.15, -0.1) is 0 Å². The van der Waals surface area contributed by atoms with Crippen molar-refractivity contribution >= 4 is 0 Å². The maximum absolute atomic E-state index is 10.5. The van der Waals surface area contributed by atoms with E-state index in [1.807, 2.05) is 0 Å². The summed E-state index contributed by atoms with van der Waals surface area (Å²) in [6.45, 7) is 0. The normalized spacial score (nSPS) is 41.4. The Morgan fingerprint density at radius 1 is 0.300 bits per heavy atom. The molecule has 0 bridgehead atoms. The maximum Gasteiger partial charge on any atom is 0.0555 e. The molecular weight excluding hydrogens is 492 g/mol. The van der Waals surface area contributed by atoms with E-state index in [1.165, 1.54) is 141 Å². The molecule has 4 unspecified atom stereocenters. The lowest BCUT2D eigenvalue weighted by molar-refractivity contribution is -0.0257.